The molecule has 1 unspecified atom stereocenters. The monoisotopic (exact) mass is 488 g/mol. The number of benzene rings is 3. The molecule has 6 heteroatoms. The molecule has 3 aromatic rings. The summed E-state index contributed by atoms with van der Waals surface area (Å²) in [5.41, 5.74) is 1.90. The molecule has 0 aliphatic rings. The van der Waals surface area contributed by atoms with Crippen LogP contribution in [0.3, 0.4) is 0 Å². The van der Waals surface area contributed by atoms with Crippen molar-refractivity contribution in [2.75, 3.05) is 13.7 Å². The predicted molar refractivity (Wildman–Crippen MR) is 142 cm³/mol. The first kappa shape index (κ1) is 26.8. The van der Waals surface area contributed by atoms with Gasteiger partial charge < -0.3 is 19.7 Å². The lowest BCUT2D eigenvalue weighted by Crippen LogP contribution is -2.51. The van der Waals surface area contributed by atoms with Gasteiger partial charge in [-0.1, -0.05) is 60.7 Å². The number of para-hydroxylation sites is 1. The minimum atomic E-state index is -0.649. The fourth-order valence-corrected chi connectivity index (χ4v) is 3.98. The zero-order valence-electron chi connectivity index (χ0n) is 21.4. The van der Waals surface area contributed by atoms with Gasteiger partial charge in [0.25, 0.3) is 0 Å². The number of rotatable bonds is 13. The van der Waals surface area contributed by atoms with E-state index in [1.807, 2.05) is 98.8 Å². The number of amides is 2. The van der Waals surface area contributed by atoms with Crippen LogP contribution in [0.1, 0.15) is 37.8 Å². The summed E-state index contributed by atoms with van der Waals surface area (Å²) < 4.78 is 11.1. The molecule has 0 saturated carbocycles. The van der Waals surface area contributed by atoms with E-state index in [-0.39, 0.29) is 24.3 Å². The van der Waals surface area contributed by atoms with Crippen molar-refractivity contribution in [1.82, 2.24) is 10.2 Å². The van der Waals surface area contributed by atoms with Crippen LogP contribution >= 0.6 is 0 Å². The van der Waals surface area contributed by atoms with E-state index in [2.05, 4.69) is 5.32 Å². The molecule has 0 heterocycles. The molecule has 0 spiro atoms. The van der Waals surface area contributed by atoms with E-state index >= 15 is 0 Å². The molecule has 6 nitrogen and oxygen atoms in total. The van der Waals surface area contributed by atoms with E-state index in [0.29, 0.717) is 31.7 Å². The van der Waals surface area contributed by atoms with E-state index in [9.17, 15) is 9.59 Å². The van der Waals surface area contributed by atoms with Crippen molar-refractivity contribution in [2.45, 2.75) is 51.7 Å². The third-order valence-electron chi connectivity index (χ3n) is 5.74. The largest absolute Gasteiger partial charge is 0.497 e. The second-order valence-corrected chi connectivity index (χ2v) is 9.01. The van der Waals surface area contributed by atoms with Gasteiger partial charge in [-0.2, -0.15) is 0 Å². The summed E-state index contributed by atoms with van der Waals surface area (Å²) >= 11 is 0. The normalized spacial score (nSPS) is 11.6. The quantitative estimate of drug-likeness (QED) is 0.343. The minimum Gasteiger partial charge on any atom is -0.497 e. The third-order valence-corrected chi connectivity index (χ3v) is 5.74. The first-order chi connectivity index (χ1) is 17.5. The highest BCUT2D eigenvalue weighted by Gasteiger charge is 2.30. The zero-order valence-corrected chi connectivity index (χ0v) is 21.4. The zero-order chi connectivity index (χ0) is 25.8. The Morgan fingerprint density at radius 2 is 1.50 bits per heavy atom. The molecule has 0 radical (unpaired) electrons. The average Bonchev–Trinajstić information content (AvgIpc) is 2.89. The first-order valence-corrected chi connectivity index (χ1v) is 12.4. The summed E-state index contributed by atoms with van der Waals surface area (Å²) in [6.45, 7) is 4.57. The molecule has 1 N–H and O–H groups in total. The molecular weight excluding hydrogens is 452 g/mol. The highest BCUT2D eigenvalue weighted by molar-refractivity contribution is 5.88. The van der Waals surface area contributed by atoms with Crippen LogP contribution in [0.2, 0.25) is 0 Å². The molecule has 0 bridgehead atoms. The number of hydrogen-bond acceptors (Lipinski definition) is 4. The van der Waals surface area contributed by atoms with Crippen LogP contribution in [0.25, 0.3) is 0 Å². The van der Waals surface area contributed by atoms with Crippen LogP contribution in [-0.2, 0) is 22.6 Å². The van der Waals surface area contributed by atoms with Crippen LogP contribution in [-0.4, -0.2) is 42.5 Å². The van der Waals surface area contributed by atoms with Crippen molar-refractivity contribution < 1.29 is 19.1 Å². The van der Waals surface area contributed by atoms with Gasteiger partial charge in [0.2, 0.25) is 11.8 Å². The van der Waals surface area contributed by atoms with E-state index in [4.69, 9.17) is 9.47 Å². The lowest BCUT2D eigenvalue weighted by Gasteiger charge is -2.32. The molecule has 0 fully saturated rings. The van der Waals surface area contributed by atoms with Crippen molar-refractivity contribution in [1.29, 1.82) is 0 Å². The van der Waals surface area contributed by atoms with Gasteiger partial charge in [0.15, 0.2) is 0 Å². The number of nitrogens with zero attached hydrogens (tertiary/aromatic N) is 1. The van der Waals surface area contributed by atoms with Crippen molar-refractivity contribution >= 4 is 11.8 Å². The molecule has 3 rings (SSSR count). The molecule has 0 aliphatic heterocycles. The summed E-state index contributed by atoms with van der Waals surface area (Å²) in [4.78, 5) is 28.7. The summed E-state index contributed by atoms with van der Waals surface area (Å²) in [7, 11) is 1.61. The summed E-state index contributed by atoms with van der Waals surface area (Å²) in [6, 6.07) is 26.3. The third kappa shape index (κ3) is 8.45. The number of nitrogens with one attached hydrogen (secondary N) is 1. The maximum absolute atomic E-state index is 13.6. The Labute approximate surface area is 214 Å². The van der Waals surface area contributed by atoms with Gasteiger partial charge in [-0.15, -0.1) is 0 Å². The summed E-state index contributed by atoms with van der Waals surface area (Å²) in [6.07, 6.45) is 1.25. The molecule has 190 valence electrons. The van der Waals surface area contributed by atoms with Crippen molar-refractivity contribution in [3.63, 3.8) is 0 Å². The van der Waals surface area contributed by atoms with E-state index in [1.54, 1.807) is 12.0 Å². The van der Waals surface area contributed by atoms with Crippen LogP contribution in [0.15, 0.2) is 84.9 Å². The van der Waals surface area contributed by atoms with Gasteiger partial charge in [0.1, 0.15) is 17.5 Å². The van der Waals surface area contributed by atoms with Gasteiger partial charge in [0.05, 0.1) is 13.7 Å². The van der Waals surface area contributed by atoms with Crippen molar-refractivity contribution in [3.05, 3.63) is 96.1 Å². The van der Waals surface area contributed by atoms with Gasteiger partial charge in [-0.25, -0.2) is 0 Å². The molecule has 1 atom stereocenters. The summed E-state index contributed by atoms with van der Waals surface area (Å²) in [5.74, 6) is 1.24. The number of ether oxygens (including phenoxy) is 2. The molecule has 0 aromatic heterocycles. The van der Waals surface area contributed by atoms with E-state index in [1.165, 1.54) is 0 Å². The molecule has 3 aromatic carbocycles. The van der Waals surface area contributed by atoms with Gasteiger partial charge in [-0.05, 0) is 55.7 Å². The molecule has 0 saturated heterocycles. The topological polar surface area (TPSA) is 67.9 Å². The Balaban J connectivity index is 1.81. The van der Waals surface area contributed by atoms with Gasteiger partial charge in [0, 0.05) is 25.4 Å². The Kier molecular flexibility index (Phi) is 10.4. The van der Waals surface area contributed by atoms with Gasteiger partial charge >= 0.3 is 0 Å². The van der Waals surface area contributed by atoms with E-state index in [0.717, 1.165) is 16.9 Å². The SMILES string of the molecule is COc1cccc(CN(C(=O)CCCOc2ccccc2)C(Cc2ccccc2)C(=O)NC(C)C)c1. The summed E-state index contributed by atoms with van der Waals surface area (Å²) in [5, 5.41) is 3.01. The highest BCUT2D eigenvalue weighted by atomic mass is 16.5. The predicted octanol–water partition coefficient (Wildman–Crippen LogP) is 5.02. The number of carbonyl (C=O) groups is 2. The second kappa shape index (κ2) is 13.9. The molecule has 0 aliphatic carbocycles. The second-order valence-electron chi connectivity index (χ2n) is 9.01. The van der Waals surface area contributed by atoms with Crippen molar-refractivity contribution in [3.8, 4) is 11.5 Å². The number of hydrogen-bond donors (Lipinski definition) is 1. The fourth-order valence-electron chi connectivity index (χ4n) is 3.98. The highest BCUT2D eigenvalue weighted by Crippen LogP contribution is 2.20. The Bertz CT molecular complexity index is 1090. The lowest BCUT2D eigenvalue weighted by atomic mass is 10.0. The average molecular weight is 489 g/mol. The number of carbonyl (C=O) groups excluding carboxylic acids is 2. The maximum atomic E-state index is 13.6. The minimum absolute atomic E-state index is 0.0381. The Hall–Kier alpha value is -3.80. The van der Waals surface area contributed by atoms with Gasteiger partial charge in [-0.3, -0.25) is 9.59 Å². The maximum Gasteiger partial charge on any atom is 0.243 e. The van der Waals surface area contributed by atoms with Crippen molar-refractivity contribution in [2.24, 2.45) is 0 Å². The smallest absolute Gasteiger partial charge is 0.243 e. The van der Waals surface area contributed by atoms with Crippen LogP contribution < -0.4 is 14.8 Å². The van der Waals surface area contributed by atoms with E-state index < -0.39 is 6.04 Å². The number of methoxy groups -OCH3 is 1. The molecular formula is C30H36N2O4. The standard InChI is InChI=1S/C30H36N2O4/c1-23(2)31-30(34)28(21-24-12-6-4-7-13-24)32(22-25-14-10-17-27(20-25)35-3)29(33)18-11-19-36-26-15-8-5-9-16-26/h4-10,12-17,20,23,28H,11,18-19,21-22H2,1-3H3,(H,31,34). The Morgan fingerprint density at radius 3 is 2.17 bits per heavy atom. The fraction of sp³-hybridized carbons (Fsp3) is 0.333. The molecule has 36 heavy (non-hydrogen) atoms. The van der Waals surface area contributed by atoms with Crippen LogP contribution in [0.4, 0.5) is 0 Å². The van der Waals surface area contributed by atoms with Crippen LogP contribution in [0, 0.1) is 0 Å². The Morgan fingerprint density at radius 1 is 0.861 bits per heavy atom. The lowest BCUT2D eigenvalue weighted by molar-refractivity contribution is -0.141. The first-order valence-electron chi connectivity index (χ1n) is 12.4. The molecule has 2 amide bonds. The van der Waals surface area contributed by atoms with Crippen LogP contribution in [0.5, 0.6) is 11.5 Å².